The fourth-order valence-corrected chi connectivity index (χ4v) is 7.71. The molecule has 2 aromatic rings. The van der Waals surface area contributed by atoms with Gasteiger partial charge in [0.25, 0.3) is 0 Å². The first-order valence-corrected chi connectivity index (χ1v) is 23.2. The molecule has 17 nitrogen and oxygen atoms in total. The van der Waals surface area contributed by atoms with E-state index in [1.165, 1.54) is 11.3 Å². The number of carboxylic acids is 2. The lowest BCUT2D eigenvalue weighted by atomic mass is 10.0. The molecule has 0 fully saturated rings. The average molecular weight is 983 g/mol. The van der Waals surface area contributed by atoms with E-state index < -0.39 is 66.5 Å². The minimum absolute atomic E-state index is 0.134. The first-order valence-electron chi connectivity index (χ1n) is 20.4. The molecule has 1 aromatic carbocycles. The second-order valence-electron chi connectivity index (χ2n) is 14.4. The maximum absolute atomic E-state index is 13.2. The molecule has 1 heterocycles. The number of aliphatic carboxylic acids is 2. The molecule has 11 N–H and O–H groups in total. The van der Waals surface area contributed by atoms with Crippen molar-refractivity contribution in [2.24, 2.45) is 10.9 Å². The first-order chi connectivity index (χ1) is 29.8. The summed E-state index contributed by atoms with van der Waals surface area (Å²) in [6.07, 6.45) is 3.77. The van der Waals surface area contributed by atoms with Crippen LogP contribution < -0.4 is 37.5 Å². The van der Waals surface area contributed by atoms with Crippen LogP contribution in [-0.4, -0.2) is 102 Å². The van der Waals surface area contributed by atoms with E-state index in [1.54, 1.807) is 31.3 Å². The number of benzene rings is 1. The van der Waals surface area contributed by atoms with Crippen molar-refractivity contribution in [3.8, 4) is 0 Å². The Bertz CT molecular complexity index is 1770. The highest BCUT2D eigenvalue weighted by atomic mass is 35.5. The van der Waals surface area contributed by atoms with Crippen molar-refractivity contribution in [3.63, 3.8) is 0 Å². The van der Waals surface area contributed by atoms with Gasteiger partial charge in [0, 0.05) is 47.3 Å². The van der Waals surface area contributed by atoms with Crippen LogP contribution >= 0.6 is 58.1 Å². The quantitative estimate of drug-likeness (QED) is 0.0284. The van der Waals surface area contributed by atoms with Gasteiger partial charge in [-0.3, -0.25) is 43.5 Å². The van der Waals surface area contributed by atoms with Gasteiger partial charge in [-0.15, -0.1) is 11.3 Å². The predicted molar refractivity (Wildman–Crippen MR) is 248 cm³/mol. The van der Waals surface area contributed by atoms with E-state index in [2.05, 4.69) is 26.6 Å². The van der Waals surface area contributed by atoms with Gasteiger partial charge in [-0.1, -0.05) is 61.6 Å². The van der Waals surface area contributed by atoms with Gasteiger partial charge in [-0.25, -0.2) is 0 Å². The van der Waals surface area contributed by atoms with Gasteiger partial charge in [-0.2, -0.15) is 0 Å². The molecule has 4 amide bonds. The van der Waals surface area contributed by atoms with Crippen molar-refractivity contribution in [1.82, 2.24) is 26.6 Å². The number of rotatable bonds is 29. The van der Waals surface area contributed by atoms with E-state index in [4.69, 9.17) is 50.8 Å². The molecule has 63 heavy (non-hydrogen) atoms. The minimum atomic E-state index is -1.29. The average Bonchev–Trinajstić information content (AvgIpc) is 3.59. The standard InChI is InChI=1S/C28H51N5O8.C8H7Cl2NO.C5H4ClNOS2/c1-5-10-23(34)20(11-6-9-18-30-19(2)3)32-28(41)22(14-16-26(38)39)33-27(40)21(13-15-25(36)37)31-24(35)12-7-8-17-29-4;9-6-2-1-5(3-8(11)12)7(10)4-6;6-4-1-3(2-8)5(9-4)10-7/h19-22,29-30H,5-18H2,1-4H3,(H,31,35)(H,32,41)(H,33,40)(H,36,37)(H,38,39);1-2,4H,3H2,(H2,11,12);1-2H,7H2. The van der Waals surface area contributed by atoms with Crippen LogP contribution in [0.3, 0.4) is 0 Å². The number of primary amides is 1. The third-order valence-corrected chi connectivity index (χ3v) is 11.3. The summed E-state index contributed by atoms with van der Waals surface area (Å²) in [5.74, 6) is -4.82. The van der Waals surface area contributed by atoms with Crippen molar-refractivity contribution in [3.05, 3.63) is 49.8 Å². The molecule has 3 atom stereocenters. The Morgan fingerprint density at radius 3 is 1.87 bits per heavy atom. The highest BCUT2D eigenvalue weighted by molar-refractivity contribution is 7.99. The van der Waals surface area contributed by atoms with Crippen LogP contribution in [0.5, 0.6) is 0 Å². The third kappa shape index (κ3) is 28.6. The number of carbonyl (C=O) groups is 8. The zero-order valence-electron chi connectivity index (χ0n) is 36.1. The molecule has 0 aliphatic carbocycles. The van der Waals surface area contributed by atoms with Gasteiger partial charge in [0.1, 0.15) is 12.1 Å². The summed E-state index contributed by atoms with van der Waals surface area (Å²) < 4.78 is 1.36. The number of aldehydes is 1. The largest absolute Gasteiger partial charge is 0.481 e. The van der Waals surface area contributed by atoms with E-state index >= 15 is 0 Å². The Balaban J connectivity index is 0.00000139. The molecule has 22 heteroatoms. The van der Waals surface area contributed by atoms with E-state index in [-0.39, 0.29) is 37.9 Å². The van der Waals surface area contributed by atoms with Crippen molar-refractivity contribution >= 4 is 106 Å². The lowest BCUT2D eigenvalue weighted by Gasteiger charge is -2.25. The Hall–Kier alpha value is -3.82. The van der Waals surface area contributed by atoms with Crippen LogP contribution in [0.1, 0.15) is 114 Å². The zero-order chi connectivity index (χ0) is 47.9. The number of amides is 4. The van der Waals surface area contributed by atoms with Crippen LogP contribution in [0, 0.1) is 0 Å². The third-order valence-electron chi connectivity index (χ3n) is 8.64. The number of unbranched alkanes of at least 4 members (excludes halogenated alkanes) is 2. The molecule has 1 aromatic heterocycles. The molecule has 354 valence electrons. The molecule has 0 saturated carbocycles. The summed E-state index contributed by atoms with van der Waals surface area (Å²) in [5.41, 5.74) is 6.27. The number of ketones is 1. The Morgan fingerprint density at radius 2 is 1.38 bits per heavy atom. The van der Waals surface area contributed by atoms with E-state index in [0.717, 1.165) is 41.8 Å². The zero-order valence-corrected chi connectivity index (χ0v) is 40.0. The van der Waals surface area contributed by atoms with Gasteiger partial charge < -0.3 is 42.5 Å². The van der Waals surface area contributed by atoms with Gasteiger partial charge in [-0.05, 0) is 107 Å². The Kier molecular flexibility index (Phi) is 32.5. The molecule has 0 aliphatic rings. The number of carboxylic acid groups (broad SMARTS) is 2. The first kappa shape index (κ1) is 59.2. The highest BCUT2D eigenvalue weighted by Gasteiger charge is 2.30. The molecule has 0 saturated heterocycles. The fourth-order valence-electron chi connectivity index (χ4n) is 5.46. The van der Waals surface area contributed by atoms with Gasteiger partial charge in [0.2, 0.25) is 23.6 Å². The lowest BCUT2D eigenvalue weighted by Crippen LogP contribution is -2.55. The van der Waals surface area contributed by atoms with E-state index in [9.17, 15) is 43.5 Å². The molecule has 0 aliphatic heterocycles. The maximum Gasteiger partial charge on any atom is 0.303 e. The number of thiophene rings is 1. The second kappa shape index (κ2) is 34.6. The predicted octanol–water partition coefficient (Wildman–Crippen LogP) is 5.30. The number of hydrogen-bond donors (Lipinski definition) is 9. The number of nitrogens with two attached hydrogens (primary N) is 2. The van der Waals surface area contributed by atoms with Crippen LogP contribution in [-0.2, 0) is 40.0 Å². The maximum atomic E-state index is 13.2. The van der Waals surface area contributed by atoms with Crippen LogP contribution in [0.4, 0.5) is 0 Å². The van der Waals surface area contributed by atoms with Crippen molar-refractivity contribution in [1.29, 1.82) is 0 Å². The van der Waals surface area contributed by atoms with Crippen LogP contribution in [0.2, 0.25) is 14.4 Å². The molecular weight excluding hydrogens is 921 g/mol. The summed E-state index contributed by atoms with van der Waals surface area (Å²) in [4.78, 5) is 94.7. The number of hydrogen-bond acceptors (Lipinski definition) is 13. The lowest BCUT2D eigenvalue weighted by molar-refractivity contribution is -0.140. The smallest absolute Gasteiger partial charge is 0.303 e. The number of Topliss-reactive ketones (excluding diaryl/α,β-unsaturated/α-hetero) is 1. The van der Waals surface area contributed by atoms with Crippen molar-refractivity contribution in [2.75, 3.05) is 20.1 Å². The number of halogens is 3. The summed E-state index contributed by atoms with van der Waals surface area (Å²) in [6, 6.07) is 3.57. The van der Waals surface area contributed by atoms with Crippen molar-refractivity contribution < 1.29 is 48.6 Å². The second-order valence-corrected chi connectivity index (χ2v) is 17.8. The monoisotopic (exact) mass is 981 g/mol. The Labute approximate surface area is 392 Å². The van der Waals surface area contributed by atoms with Crippen LogP contribution in [0.25, 0.3) is 0 Å². The normalized spacial score (nSPS) is 12.0. The number of nitrogens with one attached hydrogen (secondary N) is 5. The Morgan fingerprint density at radius 1 is 0.794 bits per heavy atom. The fraction of sp³-hybridized carbons (Fsp3) is 0.561. The van der Waals surface area contributed by atoms with Gasteiger partial charge >= 0.3 is 11.9 Å². The molecule has 0 spiro atoms. The SMILES string of the molecule is CCCC(=O)C(CCCCNC(C)C)NC(=O)C(CCC(=O)O)NC(=O)C(CCC(=O)O)NC(=O)CCCCNC.NC(=O)Cc1ccc(Cl)cc1Cl.NSc1sc(Cl)cc1C=O. The molecule has 0 bridgehead atoms. The minimum Gasteiger partial charge on any atom is -0.481 e. The van der Waals surface area contributed by atoms with Crippen molar-refractivity contribution in [2.45, 2.75) is 133 Å². The topological polar surface area (TPSA) is 289 Å². The van der Waals surface area contributed by atoms with Gasteiger partial charge in [0.15, 0.2) is 12.1 Å². The summed E-state index contributed by atoms with van der Waals surface area (Å²) in [5, 5.41) is 38.6. The summed E-state index contributed by atoms with van der Waals surface area (Å²) in [6.45, 7) is 7.39. The number of carbonyl (C=O) groups excluding carboxylic acids is 6. The highest BCUT2D eigenvalue weighted by Crippen LogP contribution is 2.31. The molecule has 3 unspecified atom stereocenters. The van der Waals surface area contributed by atoms with E-state index in [0.29, 0.717) is 63.8 Å². The summed E-state index contributed by atoms with van der Waals surface area (Å²) in [7, 11) is 1.79. The molecular formula is C41H62Cl3N7O10S2. The molecule has 0 radical (unpaired) electrons. The molecule has 2 rings (SSSR count). The summed E-state index contributed by atoms with van der Waals surface area (Å²) >= 11 is 19.4. The van der Waals surface area contributed by atoms with E-state index in [1.807, 2.05) is 20.8 Å². The van der Waals surface area contributed by atoms with Gasteiger partial charge in [0.05, 0.1) is 21.0 Å². The van der Waals surface area contributed by atoms with Crippen LogP contribution in [0.15, 0.2) is 28.5 Å².